The van der Waals surface area contributed by atoms with Crippen molar-refractivity contribution in [2.75, 3.05) is 13.1 Å². The van der Waals surface area contributed by atoms with Crippen LogP contribution in [0.15, 0.2) is 24.3 Å². The molecule has 0 fully saturated rings. The number of fused-ring (bicyclic) bond motifs is 1. The lowest BCUT2D eigenvalue weighted by atomic mass is 9.86. The Morgan fingerprint density at radius 3 is 2.78 bits per heavy atom. The molecule has 1 aliphatic heterocycles. The minimum Gasteiger partial charge on any atom is -0.338 e. The van der Waals surface area contributed by atoms with Gasteiger partial charge >= 0.3 is 0 Å². The molecule has 0 N–H and O–H groups in total. The highest BCUT2D eigenvalue weighted by Gasteiger charge is 2.29. The second-order valence-electron chi connectivity index (χ2n) is 4.87. The van der Waals surface area contributed by atoms with Crippen molar-refractivity contribution < 1.29 is 9.59 Å². The molecule has 0 radical (unpaired) electrons. The summed E-state index contributed by atoms with van der Waals surface area (Å²) in [5.41, 5.74) is 1.91. The van der Waals surface area contributed by atoms with Crippen LogP contribution < -0.4 is 0 Å². The lowest BCUT2D eigenvalue weighted by Gasteiger charge is -2.33. The fourth-order valence-corrected chi connectivity index (χ4v) is 2.56. The molecule has 3 nitrogen and oxygen atoms in total. The lowest BCUT2D eigenvalue weighted by Crippen LogP contribution is -2.39. The number of hydrogen-bond donors (Lipinski definition) is 0. The van der Waals surface area contributed by atoms with Crippen LogP contribution in [0.25, 0.3) is 0 Å². The van der Waals surface area contributed by atoms with Gasteiger partial charge in [0.2, 0.25) is 0 Å². The Morgan fingerprint density at radius 2 is 2.11 bits per heavy atom. The first-order valence-corrected chi connectivity index (χ1v) is 6.51. The maximum Gasteiger partial charge on any atom is 0.254 e. The van der Waals surface area contributed by atoms with E-state index < -0.39 is 0 Å². The number of ketones is 1. The summed E-state index contributed by atoms with van der Waals surface area (Å²) in [4.78, 5) is 25.2. The number of nitrogens with zero attached hydrogens (tertiary/aromatic N) is 1. The molecule has 3 heteroatoms. The Labute approximate surface area is 108 Å². The maximum atomic E-state index is 12.2. The van der Waals surface area contributed by atoms with Crippen LogP contribution in [0.2, 0.25) is 0 Å². The minimum absolute atomic E-state index is 0.118. The predicted molar refractivity (Wildman–Crippen MR) is 70.7 cm³/mol. The second-order valence-corrected chi connectivity index (χ2v) is 4.87. The average Bonchev–Trinajstić information content (AvgIpc) is 2.38. The number of carbonyl (C=O) groups excluding carboxylic acids is 2. The van der Waals surface area contributed by atoms with Gasteiger partial charge in [-0.15, -0.1) is 0 Å². The molecule has 96 valence electrons. The largest absolute Gasteiger partial charge is 0.338 e. The van der Waals surface area contributed by atoms with Crippen molar-refractivity contribution in [2.24, 2.45) is 0 Å². The molecule has 0 saturated carbocycles. The molecule has 1 amide bonds. The van der Waals surface area contributed by atoms with Crippen LogP contribution in [-0.4, -0.2) is 29.7 Å². The third kappa shape index (κ3) is 2.45. The number of hydrogen-bond acceptors (Lipinski definition) is 2. The van der Waals surface area contributed by atoms with Gasteiger partial charge in [0.1, 0.15) is 5.78 Å². The Bertz CT molecular complexity index is 467. The van der Waals surface area contributed by atoms with Crippen molar-refractivity contribution in [3.05, 3.63) is 35.4 Å². The van der Waals surface area contributed by atoms with Crippen molar-refractivity contribution in [3.63, 3.8) is 0 Å². The van der Waals surface area contributed by atoms with E-state index in [2.05, 4.69) is 0 Å². The predicted octanol–water partition coefficient (Wildman–Crippen LogP) is 2.62. The van der Waals surface area contributed by atoms with E-state index >= 15 is 0 Å². The van der Waals surface area contributed by atoms with E-state index in [9.17, 15) is 9.59 Å². The highest BCUT2D eigenvalue weighted by Crippen LogP contribution is 2.31. The van der Waals surface area contributed by atoms with Crippen LogP contribution in [0.5, 0.6) is 0 Å². The summed E-state index contributed by atoms with van der Waals surface area (Å²) < 4.78 is 0. The van der Waals surface area contributed by atoms with Gasteiger partial charge in [0.25, 0.3) is 5.91 Å². The van der Waals surface area contributed by atoms with E-state index in [0.29, 0.717) is 12.3 Å². The summed E-state index contributed by atoms with van der Waals surface area (Å²) in [7, 11) is 0. The monoisotopic (exact) mass is 245 g/mol. The summed E-state index contributed by atoms with van der Waals surface area (Å²) in [5, 5.41) is 0. The minimum atomic E-state index is 0.118. The van der Waals surface area contributed by atoms with Crippen LogP contribution in [0.1, 0.15) is 48.5 Å². The van der Waals surface area contributed by atoms with Crippen LogP contribution in [0.3, 0.4) is 0 Å². The van der Waals surface area contributed by atoms with Gasteiger partial charge in [0.05, 0.1) is 0 Å². The molecule has 0 bridgehead atoms. The molecule has 1 aromatic carbocycles. The quantitative estimate of drug-likeness (QED) is 0.817. The molecule has 1 heterocycles. The topological polar surface area (TPSA) is 37.4 Å². The van der Waals surface area contributed by atoms with Crippen LogP contribution in [0, 0.1) is 0 Å². The Morgan fingerprint density at radius 1 is 1.39 bits per heavy atom. The van der Waals surface area contributed by atoms with Gasteiger partial charge in [0, 0.05) is 31.0 Å². The van der Waals surface area contributed by atoms with Crippen molar-refractivity contribution in [2.45, 2.75) is 32.6 Å². The Kier molecular flexibility index (Phi) is 3.80. The molecule has 1 aromatic rings. The van der Waals surface area contributed by atoms with E-state index in [0.717, 1.165) is 30.6 Å². The molecular weight excluding hydrogens is 226 g/mol. The fraction of sp³-hybridized carbons (Fsp3) is 0.467. The lowest BCUT2D eigenvalue weighted by molar-refractivity contribution is -0.117. The third-order valence-corrected chi connectivity index (χ3v) is 3.59. The summed E-state index contributed by atoms with van der Waals surface area (Å²) in [6.07, 6.45) is 1.42. The zero-order valence-electron chi connectivity index (χ0n) is 11.0. The van der Waals surface area contributed by atoms with Gasteiger partial charge in [-0.2, -0.15) is 0 Å². The normalized spacial score (nSPS) is 18.7. The average molecular weight is 245 g/mol. The maximum absolute atomic E-state index is 12.2. The molecule has 2 rings (SSSR count). The third-order valence-electron chi connectivity index (χ3n) is 3.59. The van der Waals surface area contributed by atoms with Crippen LogP contribution >= 0.6 is 0 Å². The fourth-order valence-electron chi connectivity index (χ4n) is 2.56. The first-order valence-electron chi connectivity index (χ1n) is 6.51. The van der Waals surface area contributed by atoms with E-state index in [4.69, 9.17) is 0 Å². The van der Waals surface area contributed by atoms with Crippen molar-refractivity contribution in [1.29, 1.82) is 0 Å². The van der Waals surface area contributed by atoms with E-state index in [1.54, 1.807) is 6.92 Å². The highest BCUT2D eigenvalue weighted by atomic mass is 16.2. The van der Waals surface area contributed by atoms with Crippen LogP contribution in [0.4, 0.5) is 0 Å². The molecule has 1 unspecified atom stereocenters. The Balaban J connectivity index is 2.28. The number of Topliss-reactive ketones (excluding diaryl/α,β-unsaturated/α-hetero) is 1. The second kappa shape index (κ2) is 5.34. The molecule has 18 heavy (non-hydrogen) atoms. The van der Waals surface area contributed by atoms with Crippen molar-refractivity contribution in [1.82, 2.24) is 4.90 Å². The van der Waals surface area contributed by atoms with Crippen molar-refractivity contribution >= 4 is 11.7 Å². The standard InChI is InChI=1S/C15H19NO2/c1-3-16-10-12(9-8-11(2)17)13-6-4-5-7-14(13)15(16)18/h4-7,12H,3,8-10H2,1-2H3. The molecule has 1 aliphatic rings. The smallest absolute Gasteiger partial charge is 0.254 e. The van der Waals surface area contributed by atoms with Gasteiger partial charge in [-0.1, -0.05) is 18.2 Å². The zero-order valence-corrected chi connectivity index (χ0v) is 11.0. The molecular formula is C15H19NO2. The number of amides is 1. The molecule has 0 saturated heterocycles. The van der Waals surface area contributed by atoms with Gasteiger partial charge in [0.15, 0.2) is 0 Å². The SMILES string of the molecule is CCN1CC(CCC(C)=O)c2ccccc2C1=O. The van der Waals surface area contributed by atoms with Gasteiger partial charge in [-0.05, 0) is 31.9 Å². The van der Waals surface area contributed by atoms with Gasteiger partial charge < -0.3 is 9.69 Å². The summed E-state index contributed by atoms with van der Waals surface area (Å²) in [6.45, 7) is 5.08. The number of rotatable bonds is 4. The molecule has 0 spiro atoms. The number of benzene rings is 1. The summed E-state index contributed by atoms with van der Waals surface area (Å²) in [5.74, 6) is 0.627. The van der Waals surface area contributed by atoms with E-state index in [-0.39, 0.29) is 11.7 Å². The van der Waals surface area contributed by atoms with Crippen LogP contribution in [-0.2, 0) is 4.79 Å². The molecule has 0 aliphatic carbocycles. The molecule has 1 atom stereocenters. The summed E-state index contributed by atoms with van der Waals surface area (Å²) >= 11 is 0. The highest BCUT2D eigenvalue weighted by molar-refractivity contribution is 5.97. The zero-order chi connectivity index (χ0) is 13.1. The first-order chi connectivity index (χ1) is 8.63. The summed E-state index contributed by atoms with van der Waals surface area (Å²) in [6, 6.07) is 7.78. The van der Waals surface area contributed by atoms with Crippen molar-refractivity contribution in [3.8, 4) is 0 Å². The van der Waals surface area contributed by atoms with Gasteiger partial charge in [-0.3, -0.25) is 4.79 Å². The van der Waals surface area contributed by atoms with E-state index in [1.165, 1.54) is 0 Å². The molecule has 0 aromatic heterocycles. The van der Waals surface area contributed by atoms with E-state index in [1.807, 2.05) is 36.1 Å². The first kappa shape index (κ1) is 12.8. The van der Waals surface area contributed by atoms with Gasteiger partial charge in [-0.25, -0.2) is 0 Å². The number of carbonyl (C=O) groups is 2. The Hall–Kier alpha value is -1.64. The number of likely N-dealkylation sites (N-methyl/N-ethyl adjacent to an activating group) is 1.